The van der Waals surface area contributed by atoms with Crippen LogP contribution in [0.5, 0.6) is 0 Å². The Morgan fingerprint density at radius 2 is 2.11 bits per heavy atom. The predicted molar refractivity (Wildman–Crippen MR) is 72.8 cm³/mol. The summed E-state index contributed by atoms with van der Waals surface area (Å²) < 4.78 is 8.01. The summed E-state index contributed by atoms with van der Waals surface area (Å²) in [6, 6.07) is 4.27. The van der Waals surface area contributed by atoms with Gasteiger partial charge in [-0.15, -0.1) is 0 Å². The maximum atomic E-state index is 6.12. The van der Waals surface area contributed by atoms with Gasteiger partial charge in [-0.2, -0.15) is 0 Å². The van der Waals surface area contributed by atoms with Gasteiger partial charge >= 0.3 is 0 Å². The van der Waals surface area contributed by atoms with Gasteiger partial charge in [0.2, 0.25) is 5.95 Å². The molecular weight excluding hydrogens is 240 g/mol. The molecule has 2 atom stereocenters. The number of nitrogens with zero attached hydrogens (tertiary/aromatic N) is 3. The minimum atomic E-state index is 0.294. The fraction of sp³-hybridized carbons (Fsp3) is 0.571. The van der Waals surface area contributed by atoms with Crippen molar-refractivity contribution >= 4 is 17.1 Å². The van der Waals surface area contributed by atoms with E-state index in [9.17, 15) is 0 Å². The zero-order chi connectivity index (χ0) is 13.0. The molecule has 1 saturated heterocycles. The van der Waals surface area contributed by atoms with Crippen molar-refractivity contribution in [1.82, 2.24) is 14.5 Å². The first-order valence-corrected chi connectivity index (χ1v) is 6.96. The van der Waals surface area contributed by atoms with Gasteiger partial charge in [0.05, 0.1) is 12.1 Å². The monoisotopic (exact) mass is 258 g/mol. The fourth-order valence-electron chi connectivity index (χ4n) is 3.16. The van der Waals surface area contributed by atoms with Gasteiger partial charge in [0.15, 0.2) is 5.65 Å². The Balaban J connectivity index is 1.84. The highest BCUT2D eigenvalue weighted by Gasteiger charge is 2.42. The van der Waals surface area contributed by atoms with Crippen LogP contribution in [0, 0.1) is 12.8 Å². The van der Waals surface area contributed by atoms with Crippen LogP contribution in [0.4, 0.5) is 5.95 Å². The van der Waals surface area contributed by atoms with Crippen molar-refractivity contribution in [3.8, 4) is 0 Å². The third-order valence-corrected chi connectivity index (χ3v) is 4.23. The molecule has 0 spiro atoms. The summed E-state index contributed by atoms with van der Waals surface area (Å²) in [5.74, 6) is 1.27. The Labute approximate surface area is 111 Å². The minimum absolute atomic E-state index is 0.294. The van der Waals surface area contributed by atoms with Crippen LogP contribution in [-0.2, 0) is 4.74 Å². The van der Waals surface area contributed by atoms with E-state index < -0.39 is 0 Å². The molecule has 0 radical (unpaired) electrons. The van der Waals surface area contributed by atoms with Crippen LogP contribution in [0.2, 0.25) is 0 Å². The lowest BCUT2D eigenvalue weighted by Crippen LogP contribution is -2.23. The molecule has 2 N–H and O–H groups in total. The van der Waals surface area contributed by atoms with Gasteiger partial charge in [-0.1, -0.05) is 0 Å². The van der Waals surface area contributed by atoms with E-state index in [0.29, 0.717) is 24.0 Å². The molecule has 2 aliphatic rings. The number of rotatable bonds is 2. The molecule has 2 aromatic heterocycles. The second-order valence-electron chi connectivity index (χ2n) is 5.66. The second kappa shape index (κ2) is 3.93. The third kappa shape index (κ3) is 1.72. The third-order valence-electron chi connectivity index (χ3n) is 4.23. The summed E-state index contributed by atoms with van der Waals surface area (Å²) in [7, 11) is 0. The van der Waals surface area contributed by atoms with E-state index >= 15 is 0 Å². The van der Waals surface area contributed by atoms with Crippen molar-refractivity contribution in [3.05, 3.63) is 17.8 Å². The van der Waals surface area contributed by atoms with Crippen LogP contribution in [0.15, 0.2) is 12.1 Å². The molecule has 1 saturated carbocycles. The number of fused-ring (bicyclic) bond motifs is 1. The van der Waals surface area contributed by atoms with Crippen molar-refractivity contribution in [1.29, 1.82) is 0 Å². The van der Waals surface area contributed by atoms with Crippen molar-refractivity contribution in [2.75, 3.05) is 12.3 Å². The van der Waals surface area contributed by atoms with Gasteiger partial charge in [-0.3, -0.25) is 4.57 Å². The molecule has 2 aromatic rings. The van der Waals surface area contributed by atoms with Gasteiger partial charge in [-0.25, -0.2) is 9.97 Å². The number of aromatic nitrogens is 3. The van der Waals surface area contributed by atoms with Gasteiger partial charge in [-0.05, 0) is 44.2 Å². The fourth-order valence-corrected chi connectivity index (χ4v) is 3.16. The van der Waals surface area contributed by atoms with Crippen molar-refractivity contribution in [2.24, 2.45) is 5.92 Å². The number of anilines is 1. The highest BCUT2D eigenvalue weighted by molar-refractivity contribution is 5.74. The van der Waals surface area contributed by atoms with Crippen LogP contribution in [-0.4, -0.2) is 27.2 Å². The number of nitrogens with two attached hydrogens (primary N) is 1. The number of imidazole rings is 1. The number of ether oxygens (including phenoxy) is 1. The van der Waals surface area contributed by atoms with Crippen molar-refractivity contribution in [2.45, 2.75) is 38.3 Å². The molecule has 0 amide bonds. The molecule has 5 nitrogen and oxygen atoms in total. The normalized spacial score (nSPS) is 27.2. The Hall–Kier alpha value is -1.62. The maximum Gasteiger partial charge on any atom is 0.202 e. The SMILES string of the molecule is Cc1ccc2nc(N)n(C3CCOC3C3CC3)c2n1. The topological polar surface area (TPSA) is 66.0 Å². The summed E-state index contributed by atoms with van der Waals surface area (Å²) in [4.78, 5) is 9.06. The molecule has 100 valence electrons. The standard InChI is InChI=1S/C14H18N4O/c1-8-2-5-10-13(16-8)18(14(15)17-10)11-6-7-19-12(11)9-3-4-9/h2,5,9,11-12H,3-4,6-7H2,1H3,(H2,15,17). The highest BCUT2D eigenvalue weighted by atomic mass is 16.5. The average Bonchev–Trinajstić information content (AvgIpc) is 3.03. The van der Waals surface area contributed by atoms with E-state index in [0.717, 1.165) is 29.9 Å². The minimum Gasteiger partial charge on any atom is -0.376 e. The molecule has 4 rings (SSSR count). The van der Waals surface area contributed by atoms with E-state index in [-0.39, 0.29) is 0 Å². The first kappa shape index (κ1) is 11.2. The largest absolute Gasteiger partial charge is 0.376 e. The van der Waals surface area contributed by atoms with Crippen LogP contribution >= 0.6 is 0 Å². The number of nitrogen functional groups attached to an aromatic ring is 1. The van der Waals surface area contributed by atoms with Gasteiger partial charge < -0.3 is 10.5 Å². The van der Waals surface area contributed by atoms with E-state index in [4.69, 9.17) is 10.5 Å². The molecule has 5 heteroatoms. The lowest BCUT2D eigenvalue weighted by Gasteiger charge is -2.20. The summed E-state index contributed by atoms with van der Waals surface area (Å²) in [6.07, 6.45) is 3.86. The van der Waals surface area contributed by atoms with Gasteiger partial charge in [0.25, 0.3) is 0 Å². The molecule has 1 aliphatic heterocycles. The molecule has 2 fully saturated rings. The van der Waals surface area contributed by atoms with Crippen LogP contribution in [0.25, 0.3) is 11.2 Å². The smallest absolute Gasteiger partial charge is 0.202 e. The number of hydrogen-bond acceptors (Lipinski definition) is 4. The Morgan fingerprint density at radius 3 is 2.89 bits per heavy atom. The van der Waals surface area contributed by atoms with Gasteiger partial charge in [0.1, 0.15) is 5.52 Å². The molecule has 3 heterocycles. The zero-order valence-corrected chi connectivity index (χ0v) is 11.0. The van der Waals surface area contributed by atoms with Crippen LogP contribution in [0.3, 0.4) is 0 Å². The lowest BCUT2D eigenvalue weighted by atomic mass is 10.1. The zero-order valence-electron chi connectivity index (χ0n) is 11.0. The maximum absolute atomic E-state index is 6.12. The summed E-state index contributed by atoms with van der Waals surface area (Å²) in [5.41, 5.74) is 8.90. The summed E-state index contributed by atoms with van der Waals surface area (Å²) in [6.45, 7) is 2.81. The molecular formula is C14H18N4O. The quantitative estimate of drug-likeness (QED) is 0.895. The van der Waals surface area contributed by atoms with E-state index in [2.05, 4.69) is 14.5 Å². The van der Waals surface area contributed by atoms with Crippen molar-refractivity contribution < 1.29 is 4.74 Å². The van der Waals surface area contributed by atoms with Gasteiger partial charge in [0, 0.05) is 12.3 Å². The predicted octanol–water partition coefficient (Wildman–Crippen LogP) is 2.06. The number of aryl methyl sites for hydroxylation is 1. The molecule has 0 bridgehead atoms. The van der Waals surface area contributed by atoms with E-state index in [1.54, 1.807) is 0 Å². The molecule has 2 unspecified atom stereocenters. The second-order valence-corrected chi connectivity index (χ2v) is 5.66. The highest BCUT2D eigenvalue weighted by Crippen LogP contribution is 2.44. The Bertz CT molecular complexity index is 632. The Kier molecular flexibility index (Phi) is 2.33. The molecule has 0 aromatic carbocycles. The lowest BCUT2D eigenvalue weighted by molar-refractivity contribution is 0.0761. The first-order valence-electron chi connectivity index (χ1n) is 6.96. The first-order chi connectivity index (χ1) is 9.24. The van der Waals surface area contributed by atoms with E-state index in [1.807, 2.05) is 19.1 Å². The van der Waals surface area contributed by atoms with Crippen LogP contribution < -0.4 is 5.73 Å². The average molecular weight is 258 g/mol. The summed E-state index contributed by atoms with van der Waals surface area (Å²) in [5, 5.41) is 0. The number of hydrogen-bond donors (Lipinski definition) is 1. The summed E-state index contributed by atoms with van der Waals surface area (Å²) >= 11 is 0. The van der Waals surface area contributed by atoms with Crippen LogP contribution in [0.1, 0.15) is 31.0 Å². The Morgan fingerprint density at radius 1 is 1.26 bits per heavy atom. The van der Waals surface area contributed by atoms with E-state index in [1.165, 1.54) is 12.8 Å². The van der Waals surface area contributed by atoms with Crippen molar-refractivity contribution in [3.63, 3.8) is 0 Å². The molecule has 19 heavy (non-hydrogen) atoms. The molecule has 1 aliphatic carbocycles. The number of pyridine rings is 1.